The minimum atomic E-state index is -0.833. The molecule has 1 fully saturated rings. The fourth-order valence-corrected chi connectivity index (χ4v) is 4.79. The molecule has 2 aromatic heterocycles. The van der Waals surface area contributed by atoms with E-state index in [0.29, 0.717) is 40.0 Å². The molecule has 2 atom stereocenters. The predicted octanol–water partition coefficient (Wildman–Crippen LogP) is 6.18. The first-order valence-corrected chi connectivity index (χ1v) is 15.0. The Balaban J connectivity index is 0.000000647. The lowest BCUT2D eigenvalue weighted by Crippen LogP contribution is -2.18. The zero-order valence-corrected chi connectivity index (χ0v) is 27.2. The van der Waals surface area contributed by atoms with Crippen molar-refractivity contribution in [3.63, 3.8) is 0 Å². The molecule has 12 nitrogen and oxygen atoms in total. The average molecular weight is 670 g/mol. The largest absolute Gasteiger partial charge is 0.481 e. The molecule has 1 aliphatic heterocycles. The molecule has 0 spiro atoms. The van der Waals surface area contributed by atoms with Gasteiger partial charge >= 0.3 is 5.97 Å². The number of carbonyl (C=O) groups is 3. The summed E-state index contributed by atoms with van der Waals surface area (Å²) in [7, 11) is 0. The van der Waals surface area contributed by atoms with Crippen molar-refractivity contribution in [3.05, 3.63) is 81.9 Å². The Morgan fingerprint density at radius 1 is 1.02 bits per heavy atom. The predicted molar refractivity (Wildman–Crippen MR) is 173 cm³/mol. The van der Waals surface area contributed by atoms with Crippen LogP contribution in [0.1, 0.15) is 69.6 Å². The van der Waals surface area contributed by atoms with Crippen LogP contribution >= 0.6 is 23.2 Å². The molecule has 2 unspecified atom stereocenters. The number of carboxylic acid groups (broad SMARTS) is 1. The highest BCUT2D eigenvalue weighted by atomic mass is 35.5. The number of nitrogens with zero attached hydrogens (tertiary/aromatic N) is 5. The number of anilines is 1. The molecule has 0 radical (unpaired) electrons. The van der Waals surface area contributed by atoms with Crippen molar-refractivity contribution in [1.29, 1.82) is 5.26 Å². The Bertz CT molecular complexity index is 1620. The van der Waals surface area contributed by atoms with Crippen LogP contribution in [-0.4, -0.2) is 61.6 Å². The number of halogens is 2. The number of nitrogens with one attached hydrogen (secondary N) is 1. The van der Waals surface area contributed by atoms with E-state index >= 15 is 0 Å². The highest BCUT2D eigenvalue weighted by Gasteiger charge is 2.29. The lowest BCUT2D eigenvalue weighted by molar-refractivity contribution is -0.145. The van der Waals surface area contributed by atoms with Crippen molar-refractivity contribution >= 4 is 57.9 Å². The number of carbonyl (C=O) groups excluding carboxylic acids is 2. The Morgan fingerprint density at radius 2 is 1.57 bits per heavy atom. The molecule has 4 aromatic rings. The molecular formula is C32H34Cl2N6O6. The number of ether oxygens (including phenoxy) is 2. The fourth-order valence-electron chi connectivity index (χ4n) is 4.54. The van der Waals surface area contributed by atoms with Gasteiger partial charge in [0.1, 0.15) is 24.7 Å². The molecule has 1 saturated heterocycles. The summed E-state index contributed by atoms with van der Waals surface area (Å²) in [6, 6.07) is 17.4. The van der Waals surface area contributed by atoms with E-state index < -0.39 is 5.97 Å². The minimum Gasteiger partial charge on any atom is -0.481 e. The van der Waals surface area contributed by atoms with Gasteiger partial charge in [0, 0.05) is 36.4 Å². The van der Waals surface area contributed by atoms with E-state index in [1.54, 1.807) is 10.9 Å². The second-order valence-corrected chi connectivity index (χ2v) is 11.3. The van der Waals surface area contributed by atoms with E-state index in [9.17, 15) is 14.9 Å². The summed E-state index contributed by atoms with van der Waals surface area (Å²) in [4.78, 5) is 43.0. The number of carboxylic acids is 1. The van der Waals surface area contributed by atoms with Crippen LogP contribution in [0.3, 0.4) is 0 Å². The first-order valence-electron chi connectivity index (χ1n) is 14.2. The van der Waals surface area contributed by atoms with Crippen LogP contribution in [0.2, 0.25) is 10.0 Å². The van der Waals surface area contributed by atoms with E-state index in [1.807, 2.05) is 54.6 Å². The number of esters is 1. The maximum Gasteiger partial charge on any atom is 0.302 e. The number of aliphatic carboxylic acids is 1. The summed E-state index contributed by atoms with van der Waals surface area (Å²) < 4.78 is 13.0. The van der Waals surface area contributed by atoms with Gasteiger partial charge in [-0.1, -0.05) is 47.5 Å². The SMILES string of the molecule is CC(=O)O.CC(=O)OCC1CCC(n2cnc3c(NCC(c4ccc(Cl)cc4)c4ccc(Cl)cc4)nc(C#N)nc32)O1.CC(C)=O. The van der Waals surface area contributed by atoms with Gasteiger partial charge in [-0.25, -0.2) is 4.98 Å². The second-order valence-electron chi connectivity index (χ2n) is 10.4. The smallest absolute Gasteiger partial charge is 0.302 e. The quantitative estimate of drug-likeness (QED) is 0.206. The normalized spacial score (nSPS) is 15.2. The lowest BCUT2D eigenvalue weighted by atomic mass is 9.91. The monoisotopic (exact) mass is 668 g/mol. The second kappa shape index (κ2) is 17.2. The molecule has 0 amide bonds. The number of hydrogen-bond donors (Lipinski definition) is 2. The van der Waals surface area contributed by atoms with E-state index in [2.05, 4.69) is 20.3 Å². The summed E-state index contributed by atoms with van der Waals surface area (Å²) in [6.07, 6.45) is 2.51. The molecule has 5 rings (SSSR count). The number of benzene rings is 2. The highest BCUT2D eigenvalue weighted by molar-refractivity contribution is 6.30. The molecule has 14 heteroatoms. The molecule has 0 aliphatic carbocycles. The molecule has 0 saturated carbocycles. The molecule has 1 aliphatic rings. The first kappa shape index (κ1) is 35.9. The Morgan fingerprint density at radius 3 is 2.07 bits per heavy atom. The maximum absolute atomic E-state index is 11.2. The summed E-state index contributed by atoms with van der Waals surface area (Å²) in [6.45, 7) is 6.17. The standard InChI is InChI=1S/C27H24Cl2N6O3.C3H6O.C2H4O2/c1-16(36)37-14-21-10-11-24(38-21)35-15-32-25-26(33-23(12-30)34-27(25)35)31-13-22(17-2-6-19(28)7-3-17)18-4-8-20(29)9-5-18;1-3(2)4;1-2(3)4/h2-9,15,21-22,24H,10-11,13-14H2,1H3,(H,31,33,34);1-2H3;1H3,(H,3,4). The summed E-state index contributed by atoms with van der Waals surface area (Å²) in [5.41, 5.74) is 3.13. The third-order valence-corrected chi connectivity index (χ3v) is 6.91. The Kier molecular flexibility index (Phi) is 13.4. The summed E-state index contributed by atoms with van der Waals surface area (Å²) in [5, 5.41) is 21.7. The third kappa shape index (κ3) is 10.8. The zero-order valence-electron chi connectivity index (χ0n) is 25.7. The van der Waals surface area contributed by atoms with Gasteiger partial charge in [-0.3, -0.25) is 14.2 Å². The number of rotatable bonds is 8. The highest BCUT2D eigenvalue weighted by Crippen LogP contribution is 2.33. The van der Waals surface area contributed by atoms with Crippen LogP contribution in [0.5, 0.6) is 0 Å². The minimum absolute atomic E-state index is 0.0192. The van der Waals surface area contributed by atoms with Crippen LogP contribution in [0.25, 0.3) is 11.2 Å². The molecule has 46 heavy (non-hydrogen) atoms. The van der Waals surface area contributed by atoms with Gasteiger partial charge in [0.25, 0.3) is 5.97 Å². The number of nitriles is 1. The van der Waals surface area contributed by atoms with Gasteiger partial charge in [0.05, 0.1) is 12.4 Å². The van der Waals surface area contributed by atoms with E-state index in [4.69, 9.17) is 42.6 Å². The van der Waals surface area contributed by atoms with E-state index in [-0.39, 0.29) is 42.4 Å². The van der Waals surface area contributed by atoms with Crippen molar-refractivity contribution < 1.29 is 29.0 Å². The molecule has 2 N–H and O–H groups in total. The lowest BCUT2D eigenvalue weighted by Gasteiger charge is -2.20. The van der Waals surface area contributed by atoms with Gasteiger partial charge in [-0.15, -0.1) is 0 Å². The van der Waals surface area contributed by atoms with Crippen molar-refractivity contribution in [1.82, 2.24) is 19.5 Å². The van der Waals surface area contributed by atoms with Crippen molar-refractivity contribution in [2.45, 2.75) is 58.8 Å². The van der Waals surface area contributed by atoms with Crippen LogP contribution in [-0.2, 0) is 23.9 Å². The average Bonchev–Trinajstić information content (AvgIpc) is 3.64. The number of imidazole rings is 1. The summed E-state index contributed by atoms with van der Waals surface area (Å²) >= 11 is 12.3. The van der Waals surface area contributed by atoms with Gasteiger partial charge in [-0.05, 0) is 62.1 Å². The number of aromatic nitrogens is 4. The number of hydrogen-bond acceptors (Lipinski definition) is 10. The third-order valence-electron chi connectivity index (χ3n) is 6.41. The van der Waals surface area contributed by atoms with E-state index in [1.165, 1.54) is 20.8 Å². The van der Waals surface area contributed by atoms with Crippen LogP contribution in [0, 0.1) is 11.3 Å². The van der Waals surface area contributed by atoms with E-state index in [0.717, 1.165) is 24.5 Å². The topological polar surface area (TPSA) is 169 Å². The molecule has 3 heterocycles. The maximum atomic E-state index is 11.2. The zero-order chi connectivity index (χ0) is 33.8. The molecule has 2 aromatic carbocycles. The van der Waals surface area contributed by atoms with Crippen LogP contribution < -0.4 is 5.32 Å². The molecular weight excluding hydrogens is 635 g/mol. The van der Waals surface area contributed by atoms with Crippen molar-refractivity contribution in [2.75, 3.05) is 18.5 Å². The van der Waals surface area contributed by atoms with Crippen LogP contribution in [0.15, 0.2) is 54.9 Å². The van der Waals surface area contributed by atoms with Crippen LogP contribution in [0.4, 0.5) is 5.82 Å². The number of Topliss-reactive ketones (excluding diaryl/α,β-unsaturated/α-hetero) is 1. The van der Waals surface area contributed by atoms with Gasteiger partial charge < -0.3 is 24.7 Å². The van der Waals surface area contributed by atoms with Crippen molar-refractivity contribution in [3.8, 4) is 6.07 Å². The molecule has 0 bridgehead atoms. The summed E-state index contributed by atoms with van der Waals surface area (Å²) in [5.74, 6) is -0.594. The van der Waals surface area contributed by atoms with Gasteiger partial charge in [-0.2, -0.15) is 15.2 Å². The number of ketones is 1. The van der Waals surface area contributed by atoms with Gasteiger partial charge in [0.15, 0.2) is 17.0 Å². The Hall–Kier alpha value is -4.57. The first-order chi connectivity index (χ1) is 21.9. The Labute approximate surface area is 276 Å². The number of fused-ring (bicyclic) bond motifs is 1. The van der Waals surface area contributed by atoms with Gasteiger partial charge in [0.2, 0.25) is 5.82 Å². The van der Waals surface area contributed by atoms with Crippen molar-refractivity contribution in [2.24, 2.45) is 0 Å². The fraction of sp³-hybridized carbons (Fsp3) is 0.344. The molecule has 242 valence electrons.